The number of unbranched alkanes of at least 4 members (excludes halogenated alkanes) is 1. The van der Waals surface area contributed by atoms with Gasteiger partial charge >= 0.3 is 0 Å². The molecule has 0 aliphatic carbocycles. The fraction of sp³-hybridized carbons (Fsp3) is 0.625. The van der Waals surface area contributed by atoms with Crippen molar-refractivity contribution in [1.29, 1.82) is 0 Å². The highest BCUT2D eigenvalue weighted by Crippen LogP contribution is 2.31. The third-order valence-corrected chi connectivity index (χ3v) is 3.10. The van der Waals surface area contributed by atoms with Crippen LogP contribution in [0.4, 0.5) is 0 Å². The van der Waals surface area contributed by atoms with Gasteiger partial charge < -0.3 is 4.42 Å². The predicted octanol–water partition coefficient (Wildman–Crippen LogP) is 5.68. The van der Waals surface area contributed by atoms with Crippen molar-refractivity contribution in [2.45, 2.75) is 59.8 Å². The summed E-state index contributed by atoms with van der Waals surface area (Å²) in [5.74, 6) is 1.04. The molecule has 0 radical (unpaired) electrons. The van der Waals surface area contributed by atoms with Gasteiger partial charge in [0.05, 0.1) is 6.26 Å². The maximum absolute atomic E-state index is 5.55. The summed E-state index contributed by atoms with van der Waals surface area (Å²) in [6.45, 7) is 9.10. The number of allylic oxidation sites excluding steroid dienone is 2. The Kier molecular flexibility index (Phi) is 5.54. The minimum atomic E-state index is 0.268. The topological polar surface area (TPSA) is 13.1 Å². The van der Waals surface area contributed by atoms with Crippen LogP contribution >= 0.6 is 0 Å². The Bertz CT molecular complexity index is 330. The molecule has 1 rings (SSSR count). The molecule has 0 saturated heterocycles. The quantitative estimate of drug-likeness (QED) is 0.591. The number of hydrogen-bond donors (Lipinski definition) is 0. The maximum Gasteiger partial charge on any atom is 0.129 e. The minimum absolute atomic E-state index is 0.268. The molecule has 1 heterocycles. The van der Waals surface area contributed by atoms with Crippen LogP contribution in [-0.2, 0) is 0 Å². The summed E-state index contributed by atoms with van der Waals surface area (Å²) in [4.78, 5) is 0. The van der Waals surface area contributed by atoms with Crippen molar-refractivity contribution >= 4 is 5.57 Å². The monoisotopic (exact) mass is 234 g/mol. The highest BCUT2D eigenvalue weighted by Gasteiger charge is 2.16. The summed E-state index contributed by atoms with van der Waals surface area (Å²) in [5, 5.41) is 0. The van der Waals surface area contributed by atoms with Crippen LogP contribution in [0, 0.1) is 5.41 Å². The SMILES string of the molecule is CCCC/C(=C\C(C)(C)CCC)c1ccco1. The summed E-state index contributed by atoms with van der Waals surface area (Å²) in [6.07, 6.45) is 10.2. The van der Waals surface area contributed by atoms with E-state index < -0.39 is 0 Å². The molecule has 0 fully saturated rings. The first-order valence-electron chi connectivity index (χ1n) is 6.84. The van der Waals surface area contributed by atoms with Gasteiger partial charge in [0, 0.05) is 0 Å². The Morgan fingerprint density at radius 2 is 2.06 bits per heavy atom. The zero-order chi connectivity index (χ0) is 12.7. The lowest BCUT2D eigenvalue weighted by atomic mass is 9.84. The Hall–Kier alpha value is -0.980. The molecule has 0 amide bonds. The molecule has 1 heteroatoms. The van der Waals surface area contributed by atoms with Gasteiger partial charge in [-0.25, -0.2) is 0 Å². The van der Waals surface area contributed by atoms with Gasteiger partial charge in [0.2, 0.25) is 0 Å². The Balaban J connectivity index is 2.86. The molecule has 0 bridgehead atoms. The summed E-state index contributed by atoms with van der Waals surface area (Å²) in [7, 11) is 0. The van der Waals surface area contributed by atoms with Gasteiger partial charge in [-0.3, -0.25) is 0 Å². The van der Waals surface area contributed by atoms with E-state index >= 15 is 0 Å². The lowest BCUT2D eigenvalue weighted by Crippen LogP contribution is -2.07. The van der Waals surface area contributed by atoms with Crippen molar-refractivity contribution in [3.05, 3.63) is 30.2 Å². The highest BCUT2D eigenvalue weighted by molar-refractivity contribution is 5.61. The maximum atomic E-state index is 5.55. The van der Waals surface area contributed by atoms with Crippen LogP contribution in [0.3, 0.4) is 0 Å². The van der Waals surface area contributed by atoms with E-state index in [0.29, 0.717) is 0 Å². The normalized spacial score (nSPS) is 13.1. The van der Waals surface area contributed by atoms with E-state index in [1.165, 1.54) is 31.3 Å². The van der Waals surface area contributed by atoms with Gasteiger partial charge in [-0.15, -0.1) is 0 Å². The fourth-order valence-corrected chi connectivity index (χ4v) is 2.28. The van der Waals surface area contributed by atoms with Crippen LogP contribution in [0.2, 0.25) is 0 Å². The van der Waals surface area contributed by atoms with Crippen LogP contribution < -0.4 is 0 Å². The first-order chi connectivity index (χ1) is 8.09. The number of rotatable bonds is 7. The van der Waals surface area contributed by atoms with Crippen LogP contribution in [0.25, 0.3) is 5.57 Å². The van der Waals surface area contributed by atoms with Crippen molar-refractivity contribution in [2.24, 2.45) is 5.41 Å². The molecular weight excluding hydrogens is 208 g/mol. The summed E-state index contributed by atoms with van der Waals surface area (Å²) in [5.41, 5.74) is 1.64. The van der Waals surface area contributed by atoms with Gasteiger partial charge in [-0.1, -0.05) is 46.6 Å². The van der Waals surface area contributed by atoms with Gasteiger partial charge in [-0.2, -0.15) is 0 Å². The van der Waals surface area contributed by atoms with E-state index in [2.05, 4.69) is 39.8 Å². The van der Waals surface area contributed by atoms with Crippen LogP contribution in [0.15, 0.2) is 28.9 Å². The molecule has 0 saturated carbocycles. The molecule has 96 valence electrons. The largest absolute Gasteiger partial charge is 0.465 e. The van der Waals surface area contributed by atoms with Crippen molar-refractivity contribution in [3.8, 4) is 0 Å². The number of hydrogen-bond acceptors (Lipinski definition) is 1. The van der Waals surface area contributed by atoms with Gasteiger partial charge in [0.1, 0.15) is 5.76 Å². The second-order valence-electron chi connectivity index (χ2n) is 5.49. The third-order valence-electron chi connectivity index (χ3n) is 3.10. The van der Waals surface area contributed by atoms with Gasteiger partial charge in [0.25, 0.3) is 0 Å². The van der Waals surface area contributed by atoms with E-state index in [1.807, 2.05) is 6.07 Å². The van der Waals surface area contributed by atoms with E-state index in [-0.39, 0.29) is 5.41 Å². The van der Waals surface area contributed by atoms with E-state index in [1.54, 1.807) is 6.26 Å². The standard InChI is InChI=1S/C16H26O/c1-5-7-9-14(15-10-8-12-17-15)13-16(3,4)11-6-2/h8,10,12-13H,5-7,9,11H2,1-4H3/b14-13+. The molecule has 0 aliphatic heterocycles. The second kappa shape index (κ2) is 6.68. The molecule has 0 atom stereocenters. The third kappa shape index (κ3) is 4.80. The Morgan fingerprint density at radius 1 is 1.29 bits per heavy atom. The summed E-state index contributed by atoms with van der Waals surface area (Å²) in [6, 6.07) is 4.05. The Morgan fingerprint density at radius 3 is 2.59 bits per heavy atom. The lowest BCUT2D eigenvalue weighted by molar-refractivity contribution is 0.430. The Labute approximate surface area is 106 Å². The molecule has 0 aliphatic rings. The molecular formula is C16H26O. The van der Waals surface area contributed by atoms with Crippen molar-refractivity contribution < 1.29 is 4.42 Å². The first kappa shape index (κ1) is 14.1. The van der Waals surface area contributed by atoms with Gasteiger partial charge in [0.15, 0.2) is 0 Å². The van der Waals surface area contributed by atoms with E-state index in [0.717, 1.165) is 12.2 Å². The average molecular weight is 234 g/mol. The predicted molar refractivity (Wildman–Crippen MR) is 74.9 cm³/mol. The second-order valence-corrected chi connectivity index (χ2v) is 5.49. The molecule has 17 heavy (non-hydrogen) atoms. The van der Waals surface area contributed by atoms with Crippen molar-refractivity contribution in [3.63, 3.8) is 0 Å². The van der Waals surface area contributed by atoms with Crippen LogP contribution in [0.1, 0.15) is 65.6 Å². The average Bonchev–Trinajstić information content (AvgIpc) is 2.77. The first-order valence-corrected chi connectivity index (χ1v) is 6.84. The molecule has 1 aromatic heterocycles. The zero-order valence-corrected chi connectivity index (χ0v) is 11.8. The highest BCUT2D eigenvalue weighted by atomic mass is 16.3. The fourth-order valence-electron chi connectivity index (χ4n) is 2.28. The van der Waals surface area contributed by atoms with Crippen molar-refractivity contribution in [1.82, 2.24) is 0 Å². The smallest absolute Gasteiger partial charge is 0.129 e. The molecule has 0 spiro atoms. The molecule has 1 aromatic rings. The number of furan rings is 1. The molecule has 0 unspecified atom stereocenters. The molecule has 0 aromatic carbocycles. The van der Waals surface area contributed by atoms with Crippen LogP contribution in [-0.4, -0.2) is 0 Å². The minimum Gasteiger partial charge on any atom is -0.465 e. The summed E-state index contributed by atoms with van der Waals surface area (Å²) < 4.78 is 5.55. The molecule has 0 N–H and O–H groups in total. The van der Waals surface area contributed by atoms with E-state index in [9.17, 15) is 0 Å². The van der Waals surface area contributed by atoms with Crippen molar-refractivity contribution in [2.75, 3.05) is 0 Å². The zero-order valence-electron chi connectivity index (χ0n) is 11.8. The molecule has 1 nitrogen and oxygen atoms in total. The lowest BCUT2D eigenvalue weighted by Gasteiger charge is -2.21. The van der Waals surface area contributed by atoms with Crippen LogP contribution in [0.5, 0.6) is 0 Å². The summed E-state index contributed by atoms with van der Waals surface area (Å²) >= 11 is 0. The van der Waals surface area contributed by atoms with E-state index in [4.69, 9.17) is 4.42 Å². The van der Waals surface area contributed by atoms with Gasteiger partial charge in [-0.05, 0) is 42.4 Å².